The van der Waals surface area contributed by atoms with E-state index < -0.39 is 0 Å². The quantitative estimate of drug-likeness (QED) is 0.412. The fourth-order valence-corrected chi connectivity index (χ4v) is 0. The minimum Gasteiger partial charge on any atom is -0.242 e. The van der Waals surface area contributed by atoms with E-state index in [0.717, 1.165) is 0 Å². The van der Waals surface area contributed by atoms with Gasteiger partial charge in [0.1, 0.15) is 0 Å². The fourth-order valence-electron chi connectivity index (χ4n) is 0. The molecule has 0 aromatic heterocycles. The van der Waals surface area contributed by atoms with Crippen LogP contribution < -0.4 is 0 Å². The first kappa shape index (κ1) is 9.10. The van der Waals surface area contributed by atoms with Crippen LogP contribution in [0.25, 0.3) is 0 Å². The predicted octanol–water partition coefficient (Wildman–Crippen LogP) is 0.315. The van der Waals surface area contributed by atoms with Gasteiger partial charge in [-0.25, -0.2) is 10.8 Å². The van der Waals surface area contributed by atoms with Crippen molar-refractivity contribution in [1.29, 1.82) is 10.8 Å². The zero-order valence-corrected chi connectivity index (χ0v) is 2.87. The first-order chi connectivity index (χ1) is 1.41. The van der Waals surface area contributed by atoms with E-state index in [9.17, 15) is 0 Å². The molecule has 4 heavy (non-hydrogen) atoms. The summed E-state index contributed by atoms with van der Waals surface area (Å²) in [4.78, 5) is 0. The van der Waals surface area contributed by atoms with E-state index in [2.05, 4.69) is 0 Å². The maximum absolute atomic E-state index is 5.62. The summed E-state index contributed by atoms with van der Waals surface area (Å²) in [6.45, 7) is 0. The van der Waals surface area contributed by atoms with Crippen molar-refractivity contribution in [3.05, 3.63) is 0 Å². The molecule has 0 aliphatic heterocycles. The van der Waals surface area contributed by atoms with Gasteiger partial charge in [-0.05, 0) is 0 Å². The summed E-state index contributed by atoms with van der Waals surface area (Å²) in [7, 11) is 0. The first-order valence-corrected chi connectivity index (χ1v) is 0.500. The summed E-state index contributed by atoms with van der Waals surface area (Å²) < 4.78 is 0. The van der Waals surface area contributed by atoms with Crippen molar-refractivity contribution in [2.75, 3.05) is 0 Å². The standard InChI is InChI=1S/CH2N2.Co/c2-1-3;/h2-3H;. The molecular weight excluding hydrogens is 99.0 g/mol. The fraction of sp³-hybridized carbons (Fsp3) is 0. The van der Waals surface area contributed by atoms with Crippen molar-refractivity contribution in [2.45, 2.75) is 0 Å². The molecule has 3 heteroatoms. The van der Waals surface area contributed by atoms with Crippen molar-refractivity contribution < 1.29 is 16.8 Å². The molecule has 0 unspecified atom stereocenters. The van der Waals surface area contributed by atoms with E-state index in [4.69, 9.17) is 10.8 Å². The number of hydrogen-bond donors (Lipinski definition) is 2. The molecule has 0 fully saturated rings. The average Bonchev–Trinajstić information content (AvgIpc) is 0.918. The molecule has 0 aliphatic rings. The summed E-state index contributed by atoms with van der Waals surface area (Å²) in [5.41, 5.74) is 0. The van der Waals surface area contributed by atoms with E-state index in [1.54, 1.807) is 0 Å². The first-order valence-electron chi connectivity index (χ1n) is 0.500. The van der Waals surface area contributed by atoms with Crippen molar-refractivity contribution >= 4 is 6.01 Å². The summed E-state index contributed by atoms with van der Waals surface area (Å²) in [6, 6.07) is 1.25. The molecule has 0 saturated heterocycles. The molecule has 0 bridgehead atoms. The van der Waals surface area contributed by atoms with Gasteiger partial charge in [0.25, 0.3) is 0 Å². The van der Waals surface area contributed by atoms with Crippen LogP contribution in [0.3, 0.4) is 0 Å². The van der Waals surface area contributed by atoms with Crippen LogP contribution in [0.1, 0.15) is 0 Å². The second-order valence-electron chi connectivity index (χ2n) is 0.125. The van der Waals surface area contributed by atoms with Gasteiger partial charge >= 0.3 is 0 Å². The summed E-state index contributed by atoms with van der Waals surface area (Å²) >= 11 is 0. The normalized spacial score (nSPS) is 2.00. The Kier molecular flexibility index (Phi) is 29.7. The van der Waals surface area contributed by atoms with Gasteiger partial charge in [-0.2, -0.15) is 0 Å². The summed E-state index contributed by atoms with van der Waals surface area (Å²) in [5.74, 6) is 0. The van der Waals surface area contributed by atoms with Crippen LogP contribution in [-0.2, 0) is 16.8 Å². The molecule has 0 aromatic rings. The molecule has 1 radical (unpaired) electrons. The molecule has 25 valence electrons. The maximum Gasteiger partial charge on any atom is 0.0831 e. The van der Waals surface area contributed by atoms with E-state index in [1.807, 2.05) is 0 Å². The van der Waals surface area contributed by atoms with E-state index in [0.29, 0.717) is 0 Å². The Hall–Kier alpha value is -0.114. The monoisotopic (exact) mass is 101 g/mol. The minimum atomic E-state index is 0. The van der Waals surface area contributed by atoms with Crippen LogP contribution >= 0.6 is 0 Å². The third-order valence-corrected chi connectivity index (χ3v) is 0. The van der Waals surface area contributed by atoms with Crippen molar-refractivity contribution in [3.63, 3.8) is 0 Å². The van der Waals surface area contributed by atoms with Gasteiger partial charge in [-0.1, -0.05) is 0 Å². The Morgan fingerprint density at radius 3 is 1.25 bits per heavy atom. The number of rotatable bonds is 0. The van der Waals surface area contributed by atoms with Crippen molar-refractivity contribution in [2.24, 2.45) is 0 Å². The molecule has 0 rings (SSSR count). The molecule has 2 nitrogen and oxygen atoms in total. The molecule has 0 atom stereocenters. The maximum atomic E-state index is 5.62. The molecule has 0 saturated carbocycles. The zero-order chi connectivity index (χ0) is 2.71. The Labute approximate surface area is 34.4 Å². The molecule has 2 N–H and O–H groups in total. The second kappa shape index (κ2) is 13.1. The number of nitrogens with one attached hydrogen (secondary N) is 2. The molecule has 0 aliphatic carbocycles. The van der Waals surface area contributed by atoms with Crippen molar-refractivity contribution in [3.8, 4) is 0 Å². The Morgan fingerprint density at radius 2 is 1.25 bits per heavy atom. The second-order valence-corrected chi connectivity index (χ2v) is 0.125. The topological polar surface area (TPSA) is 47.7 Å². The Morgan fingerprint density at radius 1 is 1.25 bits per heavy atom. The van der Waals surface area contributed by atoms with Gasteiger partial charge in [0.2, 0.25) is 0 Å². The summed E-state index contributed by atoms with van der Waals surface area (Å²) in [5, 5.41) is 11.2. The van der Waals surface area contributed by atoms with Gasteiger partial charge in [0.15, 0.2) is 0 Å². The molecule has 0 spiro atoms. The van der Waals surface area contributed by atoms with E-state index in [-0.39, 0.29) is 16.8 Å². The van der Waals surface area contributed by atoms with Gasteiger partial charge in [0.05, 0.1) is 6.01 Å². The summed E-state index contributed by atoms with van der Waals surface area (Å²) in [6.07, 6.45) is 0. The Bertz CT molecular complexity index is 27.0. The number of hydrogen-bond acceptors (Lipinski definition) is 2. The molecule has 0 heterocycles. The molecule has 0 amide bonds. The molecule has 0 aromatic carbocycles. The smallest absolute Gasteiger partial charge is 0.0831 e. The minimum absolute atomic E-state index is 0. The van der Waals surface area contributed by atoms with Crippen LogP contribution in [0.5, 0.6) is 0 Å². The Balaban J connectivity index is 0. The van der Waals surface area contributed by atoms with E-state index >= 15 is 0 Å². The van der Waals surface area contributed by atoms with Gasteiger partial charge in [-0.3, -0.25) is 0 Å². The van der Waals surface area contributed by atoms with Crippen LogP contribution in [0.4, 0.5) is 0 Å². The predicted molar refractivity (Wildman–Crippen MR) is 10.4 cm³/mol. The van der Waals surface area contributed by atoms with Crippen molar-refractivity contribution in [1.82, 2.24) is 0 Å². The van der Waals surface area contributed by atoms with Gasteiger partial charge in [0, 0.05) is 16.8 Å². The largest absolute Gasteiger partial charge is 0.242 e. The third-order valence-electron chi connectivity index (χ3n) is 0. The van der Waals surface area contributed by atoms with Crippen LogP contribution in [0.2, 0.25) is 0 Å². The van der Waals surface area contributed by atoms with Crippen LogP contribution in [0.15, 0.2) is 0 Å². The van der Waals surface area contributed by atoms with Gasteiger partial charge < -0.3 is 0 Å². The average molecular weight is 101 g/mol. The zero-order valence-electron chi connectivity index (χ0n) is 1.83. The molecular formula is CH2CoN2. The van der Waals surface area contributed by atoms with E-state index in [1.165, 1.54) is 6.01 Å². The van der Waals surface area contributed by atoms with Gasteiger partial charge in [-0.15, -0.1) is 0 Å². The van der Waals surface area contributed by atoms with Crippen LogP contribution in [0, 0.1) is 10.8 Å². The SMILES string of the molecule is N=C=N.[Co]. The third kappa shape index (κ3) is 115. The van der Waals surface area contributed by atoms with Crippen LogP contribution in [-0.4, -0.2) is 6.01 Å².